The van der Waals surface area contributed by atoms with Crippen molar-refractivity contribution in [3.8, 4) is 0 Å². The fourth-order valence-electron chi connectivity index (χ4n) is 4.68. The van der Waals surface area contributed by atoms with E-state index in [9.17, 15) is 9.59 Å². The van der Waals surface area contributed by atoms with E-state index in [4.69, 9.17) is 18.9 Å². The predicted molar refractivity (Wildman–Crippen MR) is 128 cm³/mol. The summed E-state index contributed by atoms with van der Waals surface area (Å²) in [5, 5.41) is 0. The first kappa shape index (κ1) is 24.1. The lowest BCUT2D eigenvalue weighted by atomic mass is 9.88. The Morgan fingerprint density at radius 2 is 1.09 bits per heavy atom. The molecule has 0 radical (unpaired) electrons. The second kappa shape index (κ2) is 11.4. The van der Waals surface area contributed by atoms with Crippen LogP contribution in [0.15, 0.2) is 71.3 Å². The number of rotatable bonds is 11. The molecular weight excluding hydrogens is 432 g/mol. The third-order valence-corrected chi connectivity index (χ3v) is 6.62. The highest BCUT2D eigenvalue weighted by molar-refractivity contribution is 5.85. The third-order valence-electron chi connectivity index (χ3n) is 6.62. The Hall–Kier alpha value is -3.02. The molecule has 0 unspecified atom stereocenters. The Balaban J connectivity index is 1.03. The molecule has 2 aliphatic carbocycles. The van der Waals surface area contributed by atoms with Gasteiger partial charge in [-0.3, -0.25) is 0 Å². The van der Waals surface area contributed by atoms with Crippen molar-refractivity contribution in [1.29, 1.82) is 0 Å². The van der Waals surface area contributed by atoms with E-state index in [1.54, 1.807) is 12.2 Å². The zero-order chi connectivity index (χ0) is 23.9. The Labute approximate surface area is 201 Å². The molecule has 2 heterocycles. The van der Waals surface area contributed by atoms with Gasteiger partial charge in [0.1, 0.15) is 23.7 Å². The minimum atomic E-state index is -0.280. The molecule has 0 saturated carbocycles. The first-order valence-electron chi connectivity index (χ1n) is 12.3. The van der Waals surface area contributed by atoms with Crippen molar-refractivity contribution in [3.63, 3.8) is 0 Å². The maximum absolute atomic E-state index is 11.6. The molecular formula is C28H34O6. The Bertz CT molecular complexity index is 885. The number of allylic oxidation sites excluding steroid dienone is 2. The fraction of sp³-hybridized carbons (Fsp3) is 0.500. The SMILES string of the molecule is CC1=CC(=O)O[C@@H]2C=C(OCCCCCCCCOC3=C[C@H]4OC(=O)C=C(C)[C@@H]4C=C3)C=C[C@H]12. The number of carbonyl (C=O) groups excluding carboxylic acids is 2. The average molecular weight is 467 g/mol. The van der Waals surface area contributed by atoms with Crippen LogP contribution in [0.5, 0.6) is 0 Å². The monoisotopic (exact) mass is 466 g/mol. The van der Waals surface area contributed by atoms with Crippen LogP contribution in [-0.4, -0.2) is 37.4 Å². The van der Waals surface area contributed by atoms with E-state index < -0.39 is 0 Å². The van der Waals surface area contributed by atoms with E-state index in [0.717, 1.165) is 48.3 Å². The van der Waals surface area contributed by atoms with Gasteiger partial charge in [-0.15, -0.1) is 0 Å². The van der Waals surface area contributed by atoms with E-state index in [0.29, 0.717) is 13.2 Å². The fourth-order valence-corrected chi connectivity index (χ4v) is 4.68. The first-order chi connectivity index (χ1) is 16.5. The average Bonchev–Trinajstić information content (AvgIpc) is 2.79. The molecule has 0 aromatic carbocycles. The number of hydrogen-bond donors (Lipinski definition) is 0. The van der Waals surface area contributed by atoms with Gasteiger partial charge in [-0.05, 0) is 51.0 Å². The van der Waals surface area contributed by atoms with Crippen LogP contribution < -0.4 is 0 Å². The molecule has 0 fully saturated rings. The van der Waals surface area contributed by atoms with E-state index in [1.165, 1.54) is 12.8 Å². The smallest absolute Gasteiger partial charge is 0.331 e. The number of hydrogen-bond acceptors (Lipinski definition) is 6. The Morgan fingerprint density at radius 3 is 1.53 bits per heavy atom. The zero-order valence-electron chi connectivity index (χ0n) is 20.0. The summed E-state index contributed by atoms with van der Waals surface area (Å²) >= 11 is 0. The van der Waals surface area contributed by atoms with Crippen LogP contribution in [-0.2, 0) is 28.5 Å². The van der Waals surface area contributed by atoms with E-state index >= 15 is 0 Å². The van der Waals surface area contributed by atoms with Crippen molar-refractivity contribution < 1.29 is 28.5 Å². The summed E-state index contributed by atoms with van der Waals surface area (Å²) in [6.45, 7) is 5.25. The molecule has 6 heteroatoms. The highest BCUT2D eigenvalue weighted by Gasteiger charge is 2.31. The molecule has 0 amide bonds. The van der Waals surface area contributed by atoms with Gasteiger partial charge in [0.25, 0.3) is 0 Å². The lowest BCUT2D eigenvalue weighted by molar-refractivity contribution is -0.144. The van der Waals surface area contributed by atoms with E-state index in [1.807, 2.05) is 38.2 Å². The molecule has 0 N–H and O–H groups in total. The summed E-state index contributed by atoms with van der Waals surface area (Å²) in [4.78, 5) is 23.2. The highest BCUT2D eigenvalue weighted by Crippen LogP contribution is 2.31. The van der Waals surface area contributed by atoms with Crippen LogP contribution in [0.2, 0.25) is 0 Å². The predicted octanol–water partition coefficient (Wildman–Crippen LogP) is 5.24. The van der Waals surface area contributed by atoms with Crippen LogP contribution >= 0.6 is 0 Å². The largest absolute Gasteiger partial charge is 0.494 e. The Morgan fingerprint density at radius 1 is 0.676 bits per heavy atom. The van der Waals surface area contributed by atoms with Crippen molar-refractivity contribution in [3.05, 3.63) is 71.3 Å². The summed E-state index contributed by atoms with van der Waals surface area (Å²) < 4.78 is 22.5. The molecule has 0 aromatic rings. The molecule has 6 nitrogen and oxygen atoms in total. The second-order valence-corrected chi connectivity index (χ2v) is 9.31. The van der Waals surface area contributed by atoms with Crippen LogP contribution in [0.4, 0.5) is 0 Å². The summed E-state index contributed by atoms with van der Waals surface area (Å²) in [5.74, 6) is 1.26. The standard InChI is InChI=1S/C28H34O6/c1-19-15-27(29)33-25-17-21(9-11-23(19)25)31-13-7-5-3-4-6-8-14-32-22-10-12-24-20(2)16-28(30)34-26(24)18-22/h9-12,15-18,23-26H,3-8,13-14H2,1-2H3/t23-,24+,25-,26-/m1/s1. The normalized spacial score (nSPS) is 27.4. The van der Waals surface area contributed by atoms with Crippen molar-refractivity contribution in [2.75, 3.05) is 13.2 Å². The summed E-state index contributed by atoms with van der Waals surface area (Å²) in [6, 6.07) is 0. The van der Waals surface area contributed by atoms with Crippen LogP contribution in [0.25, 0.3) is 0 Å². The summed E-state index contributed by atoms with van der Waals surface area (Å²) in [6.07, 6.45) is 21.1. The number of carbonyl (C=O) groups is 2. The minimum absolute atomic E-state index is 0.127. The second-order valence-electron chi connectivity index (χ2n) is 9.31. The maximum atomic E-state index is 11.6. The third kappa shape index (κ3) is 6.31. The number of esters is 2. The van der Waals surface area contributed by atoms with Crippen molar-refractivity contribution >= 4 is 11.9 Å². The molecule has 4 atom stereocenters. The lowest BCUT2D eigenvalue weighted by Gasteiger charge is -2.29. The zero-order valence-corrected chi connectivity index (χ0v) is 20.0. The van der Waals surface area contributed by atoms with Gasteiger partial charge in [0.2, 0.25) is 0 Å². The molecule has 34 heavy (non-hydrogen) atoms. The van der Waals surface area contributed by atoms with Crippen LogP contribution in [0.3, 0.4) is 0 Å². The van der Waals surface area contributed by atoms with E-state index in [-0.39, 0.29) is 36.0 Å². The van der Waals surface area contributed by atoms with E-state index in [2.05, 4.69) is 12.2 Å². The number of unbranched alkanes of at least 4 members (excludes halogenated alkanes) is 5. The molecule has 2 aliphatic heterocycles. The quantitative estimate of drug-likeness (QED) is 0.306. The summed E-state index contributed by atoms with van der Waals surface area (Å²) in [5.41, 5.74) is 2.06. The van der Waals surface area contributed by atoms with Gasteiger partial charge in [0, 0.05) is 24.0 Å². The van der Waals surface area contributed by atoms with Gasteiger partial charge in [-0.25, -0.2) is 9.59 Å². The van der Waals surface area contributed by atoms with Crippen LogP contribution in [0.1, 0.15) is 52.4 Å². The summed E-state index contributed by atoms with van der Waals surface area (Å²) in [7, 11) is 0. The Kier molecular flexibility index (Phi) is 8.09. The van der Waals surface area contributed by atoms with Crippen LogP contribution in [0, 0.1) is 11.8 Å². The maximum Gasteiger partial charge on any atom is 0.331 e. The topological polar surface area (TPSA) is 71.1 Å². The number of ether oxygens (including phenoxy) is 4. The van der Waals surface area contributed by atoms with Gasteiger partial charge in [-0.1, -0.05) is 49.0 Å². The van der Waals surface area contributed by atoms with Crippen molar-refractivity contribution in [1.82, 2.24) is 0 Å². The first-order valence-corrected chi connectivity index (χ1v) is 12.3. The molecule has 0 saturated heterocycles. The molecule has 4 rings (SSSR count). The lowest BCUT2D eigenvalue weighted by Crippen LogP contribution is -2.31. The van der Waals surface area contributed by atoms with Gasteiger partial charge >= 0.3 is 11.9 Å². The minimum Gasteiger partial charge on any atom is -0.494 e. The molecule has 0 bridgehead atoms. The van der Waals surface area contributed by atoms with Gasteiger partial charge < -0.3 is 18.9 Å². The van der Waals surface area contributed by atoms with Gasteiger partial charge in [0.15, 0.2) is 0 Å². The van der Waals surface area contributed by atoms with Gasteiger partial charge in [-0.2, -0.15) is 0 Å². The van der Waals surface area contributed by atoms with Gasteiger partial charge in [0.05, 0.1) is 13.2 Å². The molecule has 0 spiro atoms. The number of fused-ring (bicyclic) bond motifs is 2. The molecule has 182 valence electrons. The highest BCUT2D eigenvalue weighted by atomic mass is 16.6. The molecule has 0 aromatic heterocycles. The molecule has 4 aliphatic rings. The van der Waals surface area contributed by atoms with Crippen molar-refractivity contribution in [2.45, 2.75) is 64.6 Å². The van der Waals surface area contributed by atoms with Crippen molar-refractivity contribution in [2.24, 2.45) is 11.8 Å².